The van der Waals surface area contributed by atoms with Gasteiger partial charge in [0.1, 0.15) is 5.75 Å². The van der Waals surface area contributed by atoms with Gasteiger partial charge in [-0.15, -0.1) is 0 Å². The van der Waals surface area contributed by atoms with E-state index in [0.29, 0.717) is 6.54 Å². The fraction of sp³-hybridized carbons (Fsp3) is 0.235. The lowest BCUT2D eigenvalue weighted by atomic mass is 10.1. The quantitative estimate of drug-likeness (QED) is 0.843. The highest BCUT2D eigenvalue weighted by molar-refractivity contribution is 9.10. The fourth-order valence-electron chi connectivity index (χ4n) is 2.04. The average Bonchev–Trinajstić information content (AvgIpc) is 2.54. The van der Waals surface area contributed by atoms with Crippen LogP contribution in [0.2, 0.25) is 0 Å². The smallest absolute Gasteiger partial charge is 0.315 e. The Labute approximate surface area is 139 Å². The standard InChI is InChI=1S/C17H19BrN2O2/c1-12(13-7-9-15(22-2)10-8-13)20-17(21)19-11-14-5-3-4-6-16(14)18/h3-10,12H,11H2,1-2H3,(H2,19,20,21). The van der Waals surface area contributed by atoms with E-state index in [1.807, 2.05) is 55.5 Å². The molecule has 0 aromatic heterocycles. The molecule has 2 amide bonds. The Morgan fingerprint density at radius 3 is 2.50 bits per heavy atom. The van der Waals surface area contributed by atoms with E-state index in [1.165, 1.54) is 0 Å². The van der Waals surface area contributed by atoms with E-state index < -0.39 is 0 Å². The molecule has 116 valence electrons. The van der Waals surface area contributed by atoms with Crippen molar-refractivity contribution in [1.82, 2.24) is 10.6 Å². The second kappa shape index (κ2) is 7.84. The van der Waals surface area contributed by atoms with Gasteiger partial charge in [-0.1, -0.05) is 46.3 Å². The van der Waals surface area contributed by atoms with Crippen LogP contribution in [-0.4, -0.2) is 13.1 Å². The summed E-state index contributed by atoms with van der Waals surface area (Å²) in [5.41, 5.74) is 2.06. The number of rotatable bonds is 5. The van der Waals surface area contributed by atoms with Crippen LogP contribution in [0.15, 0.2) is 53.0 Å². The summed E-state index contributed by atoms with van der Waals surface area (Å²) in [5.74, 6) is 0.800. The zero-order valence-electron chi connectivity index (χ0n) is 12.6. The number of benzene rings is 2. The molecular weight excluding hydrogens is 344 g/mol. The Bertz CT molecular complexity index is 629. The van der Waals surface area contributed by atoms with Gasteiger partial charge in [-0.05, 0) is 36.2 Å². The Morgan fingerprint density at radius 1 is 1.18 bits per heavy atom. The summed E-state index contributed by atoms with van der Waals surface area (Å²) in [5, 5.41) is 5.78. The average molecular weight is 363 g/mol. The van der Waals surface area contributed by atoms with Gasteiger partial charge in [-0.2, -0.15) is 0 Å². The van der Waals surface area contributed by atoms with Crippen LogP contribution < -0.4 is 15.4 Å². The van der Waals surface area contributed by atoms with Crippen LogP contribution >= 0.6 is 15.9 Å². The van der Waals surface area contributed by atoms with Gasteiger partial charge in [0.2, 0.25) is 0 Å². The van der Waals surface area contributed by atoms with Gasteiger partial charge < -0.3 is 15.4 Å². The molecule has 2 aromatic rings. The normalized spacial score (nSPS) is 11.6. The van der Waals surface area contributed by atoms with Crippen molar-refractivity contribution in [2.24, 2.45) is 0 Å². The summed E-state index contributed by atoms with van der Waals surface area (Å²) in [7, 11) is 1.63. The van der Waals surface area contributed by atoms with E-state index in [2.05, 4.69) is 26.6 Å². The van der Waals surface area contributed by atoms with Gasteiger partial charge in [-0.3, -0.25) is 0 Å². The summed E-state index contributed by atoms with van der Waals surface area (Å²) in [6.07, 6.45) is 0. The lowest BCUT2D eigenvalue weighted by molar-refractivity contribution is 0.237. The fourth-order valence-corrected chi connectivity index (χ4v) is 2.47. The maximum Gasteiger partial charge on any atom is 0.315 e. The molecule has 0 fully saturated rings. The maximum absolute atomic E-state index is 12.0. The van der Waals surface area contributed by atoms with E-state index in [0.717, 1.165) is 21.3 Å². The first kappa shape index (κ1) is 16.4. The molecular formula is C17H19BrN2O2. The number of methoxy groups -OCH3 is 1. The van der Waals surface area contributed by atoms with E-state index in [9.17, 15) is 4.79 Å². The van der Waals surface area contributed by atoms with Gasteiger partial charge >= 0.3 is 6.03 Å². The summed E-state index contributed by atoms with van der Waals surface area (Å²) >= 11 is 3.46. The molecule has 4 nitrogen and oxygen atoms in total. The summed E-state index contributed by atoms with van der Waals surface area (Å²) < 4.78 is 6.11. The van der Waals surface area contributed by atoms with Crippen LogP contribution in [0.1, 0.15) is 24.1 Å². The van der Waals surface area contributed by atoms with Crippen LogP contribution in [-0.2, 0) is 6.54 Å². The number of nitrogens with one attached hydrogen (secondary N) is 2. The number of halogens is 1. The van der Waals surface area contributed by atoms with Gasteiger partial charge in [0, 0.05) is 11.0 Å². The van der Waals surface area contributed by atoms with Crippen molar-refractivity contribution in [3.8, 4) is 5.75 Å². The number of urea groups is 1. The zero-order valence-corrected chi connectivity index (χ0v) is 14.2. The summed E-state index contributed by atoms with van der Waals surface area (Å²) in [4.78, 5) is 12.0. The van der Waals surface area contributed by atoms with E-state index >= 15 is 0 Å². The first-order valence-electron chi connectivity index (χ1n) is 7.02. The van der Waals surface area contributed by atoms with Crippen molar-refractivity contribution in [3.05, 3.63) is 64.1 Å². The number of ether oxygens (including phenoxy) is 1. The monoisotopic (exact) mass is 362 g/mol. The molecule has 0 aliphatic rings. The van der Waals surface area contributed by atoms with Crippen LogP contribution in [0.3, 0.4) is 0 Å². The van der Waals surface area contributed by atoms with Crippen molar-refractivity contribution in [1.29, 1.82) is 0 Å². The number of amides is 2. The molecule has 2 aromatic carbocycles. The molecule has 1 atom stereocenters. The molecule has 0 aliphatic heterocycles. The number of hydrogen-bond acceptors (Lipinski definition) is 2. The van der Waals surface area contributed by atoms with Crippen molar-refractivity contribution < 1.29 is 9.53 Å². The number of carbonyl (C=O) groups excluding carboxylic acids is 1. The predicted molar refractivity (Wildman–Crippen MR) is 90.9 cm³/mol. The minimum atomic E-state index is -0.195. The molecule has 0 bridgehead atoms. The minimum absolute atomic E-state index is 0.0786. The third-order valence-corrected chi connectivity index (χ3v) is 4.13. The lowest BCUT2D eigenvalue weighted by Gasteiger charge is -2.15. The first-order valence-corrected chi connectivity index (χ1v) is 7.81. The summed E-state index contributed by atoms with van der Waals surface area (Å²) in [6.45, 7) is 2.42. The van der Waals surface area contributed by atoms with Gasteiger partial charge in [0.25, 0.3) is 0 Å². The van der Waals surface area contributed by atoms with Gasteiger partial charge in [0.15, 0.2) is 0 Å². The highest BCUT2D eigenvalue weighted by atomic mass is 79.9. The highest BCUT2D eigenvalue weighted by Crippen LogP contribution is 2.17. The Balaban J connectivity index is 1.87. The Hall–Kier alpha value is -2.01. The Kier molecular flexibility index (Phi) is 5.83. The van der Waals surface area contributed by atoms with Crippen LogP contribution in [0, 0.1) is 0 Å². The molecule has 22 heavy (non-hydrogen) atoms. The second-order valence-corrected chi connectivity index (χ2v) is 5.77. The lowest BCUT2D eigenvalue weighted by Crippen LogP contribution is -2.36. The Morgan fingerprint density at radius 2 is 1.86 bits per heavy atom. The molecule has 5 heteroatoms. The predicted octanol–water partition coefficient (Wildman–Crippen LogP) is 4.02. The third kappa shape index (κ3) is 4.49. The maximum atomic E-state index is 12.0. The molecule has 1 unspecified atom stereocenters. The molecule has 0 heterocycles. The van der Waals surface area contributed by atoms with Crippen LogP contribution in [0.5, 0.6) is 5.75 Å². The largest absolute Gasteiger partial charge is 0.497 e. The highest BCUT2D eigenvalue weighted by Gasteiger charge is 2.09. The van der Waals surface area contributed by atoms with E-state index in [4.69, 9.17) is 4.74 Å². The minimum Gasteiger partial charge on any atom is -0.497 e. The topological polar surface area (TPSA) is 50.4 Å². The van der Waals surface area contributed by atoms with Crippen LogP contribution in [0.4, 0.5) is 4.79 Å². The van der Waals surface area contributed by atoms with Gasteiger partial charge in [-0.25, -0.2) is 4.79 Å². The van der Waals surface area contributed by atoms with Crippen molar-refractivity contribution in [2.45, 2.75) is 19.5 Å². The van der Waals surface area contributed by atoms with Gasteiger partial charge in [0.05, 0.1) is 13.2 Å². The molecule has 0 spiro atoms. The third-order valence-electron chi connectivity index (χ3n) is 3.36. The van der Waals surface area contributed by atoms with Crippen molar-refractivity contribution in [2.75, 3.05) is 7.11 Å². The molecule has 0 saturated heterocycles. The van der Waals surface area contributed by atoms with Crippen molar-refractivity contribution in [3.63, 3.8) is 0 Å². The molecule has 2 N–H and O–H groups in total. The van der Waals surface area contributed by atoms with E-state index in [-0.39, 0.29) is 12.1 Å². The van der Waals surface area contributed by atoms with Crippen molar-refractivity contribution >= 4 is 22.0 Å². The molecule has 0 saturated carbocycles. The van der Waals surface area contributed by atoms with E-state index in [1.54, 1.807) is 7.11 Å². The van der Waals surface area contributed by atoms with Crippen LogP contribution in [0.25, 0.3) is 0 Å². The SMILES string of the molecule is COc1ccc(C(C)NC(=O)NCc2ccccc2Br)cc1. The molecule has 2 rings (SSSR count). The molecule has 0 aliphatic carbocycles. The zero-order chi connectivity index (χ0) is 15.9. The first-order chi connectivity index (χ1) is 10.6. The number of carbonyl (C=O) groups is 1. The summed E-state index contributed by atoms with van der Waals surface area (Å²) in [6, 6.07) is 15.2. The molecule has 0 radical (unpaired) electrons. The number of hydrogen-bond donors (Lipinski definition) is 2. The second-order valence-electron chi connectivity index (χ2n) is 4.91.